The van der Waals surface area contributed by atoms with Gasteiger partial charge in [-0.15, -0.1) is 0 Å². The largest absolute Gasteiger partial charge is 0.364 e. The standard InChI is InChI=1S/C13H12F5N3/c1-7(6-19)20-2-4-21(5-3-20)13-11(17)9(15)8(14)10(16)12(13)18/h7H,2-5H2,1H3. The van der Waals surface area contributed by atoms with Gasteiger partial charge in [-0.25, -0.2) is 22.0 Å². The molecular formula is C13H12F5N3. The van der Waals surface area contributed by atoms with E-state index in [9.17, 15) is 22.0 Å². The van der Waals surface area contributed by atoms with E-state index in [0.29, 0.717) is 13.1 Å². The number of anilines is 1. The summed E-state index contributed by atoms with van der Waals surface area (Å²) in [5.74, 6) is -9.71. The second kappa shape index (κ2) is 5.85. The van der Waals surface area contributed by atoms with E-state index in [0.717, 1.165) is 4.90 Å². The van der Waals surface area contributed by atoms with Gasteiger partial charge in [0.15, 0.2) is 23.3 Å². The number of nitrogens with zero attached hydrogens (tertiary/aromatic N) is 3. The van der Waals surface area contributed by atoms with Gasteiger partial charge in [0, 0.05) is 26.2 Å². The number of hydrogen-bond donors (Lipinski definition) is 0. The van der Waals surface area contributed by atoms with Crippen molar-refractivity contribution in [1.29, 1.82) is 5.26 Å². The maximum absolute atomic E-state index is 13.7. The molecule has 1 fully saturated rings. The zero-order valence-electron chi connectivity index (χ0n) is 11.1. The number of benzene rings is 1. The highest BCUT2D eigenvalue weighted by Gasteiger charge is 2.31. The van der Waals surface area contributed by atoms with E-state index in [-0.39, 0.29) is 19.1 Å². The summed E-state index contributed by atoms with van der Waals surface area (Å²) in [4.78, 5) is 2.87. The maximum atomic E-state index is 13.7. The molecule has 1 heterocycles. The lowest BCUT2D eigenvalue weighted by Gasteiger charge is -2.37. The number of halogens is 5. The van der Waals surface area contributed by atoms with Crippen LogP contribution in [0.1, 0.15) is 6.92 Å². The van der Waals surface area contributed by atoms with Gasteiger partial charge in [0.2, 0.25) is 5.82 Å². The van der Waals surface area contributed by atoms with Crippen molar-refractivity contribution in [2.24, 2.45) is 0 Å². The predicted molar refractivity (Wildman–Crippen MR) is 65.1 cm³/mol. The van der Waals surface area contributed by atoms with Crippen molar-refractivity contribution in [2.45, 2.75) is 13.0 Å². The lowest BCUT2D eigenvalue weighted by Crippen LogP contribution is -2.49. The number of nitriles is 1. The van der Waals surface area contributed by atoms with Crippen LogP contribution in [0, 0.1) is 40.4 Å². The van der Waals surface area contributed by atoms with Crippen molar-refractivity contribution in [2.75, 3.05) is 31.1 Å². The third-order valence-corrected chi connectivity index (χ3v) is 3.55. The molecule has 0 saturated carbocycles. The summed E-state index contributed by atoms with van der Waals surface area (Å²) in [6.45, 7) is 2.42. The van der Waals surface area contributed by atoms with Gasteiger partial charge in [0.05, 0.1) is 12.1 Å². The van der Waals surface area contributed by atoms with Gasteiger partial charge in [-0.1, -0.05) is 0 Å². The molecule has 1 aliphatic rings. The van der Waals surface area contributed by atoms with Crippen LogP contribution in [-0.2, 0) is 0 Å². The van der Waals surface area contributed by atoms with E-state index in [4.69, 9.17) is 5.26 Å². The summed E-state index contributed by atoms with van der Waals surface area (Å²) in [6.07, 6.45) is 0. The molecule has 1 saturated heterocycles. The zero-order chi connectivity index (χ0) is 15.7. The molecule has 0 amide bonds. The molecule has 21 heavy (non-hydrogen) atoms. The minimum atomic E-state index is -2.16. The zero-order valence-corrected chi connectivity index (χ0v) is 11.1. The molecule has 2 rings (SSSR count). The van der Waals surface area contributed by atoms with E-state index >= 15 is 0 Å². The van der Waals surface area contributed by atoms with Crippen LogP contribution in [0.15, 0.2) is 0 Å². The van der Waals surface area contributed by atoms with E-state index in [1.807, 2.05) is 6.07 Å². The molecule has 0 aromatic heterocycles. The fraction of sp³-hybridized carbons (Fsp3) is 0.462. The first-order valence-corrected chi connectivity index (χ1v) is 6.28. The molecule has 0 N–H and O–H groups in total. The topological polar surface area (TPSA) is 30.3 Å². The molecule has 8 heteroatoms. The Labute approximate surface area is 118 Å². The summed E-state index contributed by atoms with van der Waals surface area (Å²) in [6, 6.07) is 1.66. The van der Waals surface area contributed by atoms with E-state index in [1.54, 1.807) is 11.8 Å². The molecule has 114 valence electrons. The lowest BCUT2D eigenvalue weighted by atomic mass is 10.2. The van der Waals surface area contributed by atoms with E-state index < -0.39 is 34.8 Å². The highest BCUT2D eigenvalue weighted by molar-refractivity contribution is 5.51. The van der Waals surface area contributed by atoms with Gasteiger partial charge in [-0.2, -0.15) is 5.26 Å². The molecule has 1 aromatic carbocycles. The van der Waals surface area contributed by atoms with Crippen molar-refractivity contribution < 1.29 is 22.0 Å². The Morgan fingerprint density at radius 1 is 0.857 bits per heavy atom. The summed E-state index contributed by atoms with van der Waals surface area (Å²) < 4.78 is 66.7. The lowest BCUT2D eigenvalue weighted by molar-refractivity contribution is 0.230. The van der Waals surface area contributed by atoms with Crippen molar-refractivity contribution in [3.8, 4) is 6.07 Å². The third kappa shape index (κ3) is 2.65. The quantitative estimate of drug-likeness (QED) is 0.477. The van der Waals surface area contributed by atoms with Crippen LogP contribution >= 0.6 is 0 Å². The van der Waals surface area contributed by atoms with Crippen molar-refractivity contribution in [3.05, 3.63) is 29.1 Å². The van der Waals surface area contributed by atoms with Gasteiger partial charge < -0.3 is 4.90 Å². The molecule has 1 atom stereocenters. The van der Waals surface area contributed by atoms with Crippen LogP contribution < -0.4 is 4.90 Å². The van der Waals surface area contributed by atoms with Gasteiger partial charge in [0.25, 0.3) is 0 Å². The summed E-state index contributed by atoms with van der Waals surface area (Å²) >= 11 is 0. The van der Waals surface area contributed by atoms with Crippen LogP contribution in [0.3, 0.4) is 0 Å². The third-order valence-electron chi connectivity index (χ3n) is 3.55. The molecule has 0 aliphatic carbocycles. The van der Waals surface area contributed by atoms with Crippen molar-refractivity contribution in [3.63, 3.8) is 0 Å². The molecule has 1 aromatic rings. The summed E-state index contributed by atoms with van der Waals surface area (Å²) in [7, 11) is 0. The SMILES string of the molecule is CC(C#N)N1CCN(c2c(F)c(F)c(F)c(F)c2F)CC1. The van der Waals surface area contributed by atoms with Crippen LogP contribution in [0.2, 0.25) is 0 Å². The molecule has 0 spiro atoms. The average Bonchev–Trinajstić information content (AvgIpc) is 2.51. The maximum Gasteiger partial charge on any atom is 0.200 e. The first-order valence-electron chi connectivity index (χ1n) is 6.28. The smallest absolute Gasteiger partial charge is 0.200 e. The van der Waals surface area contributed by atoms with Crippen molar-refractivity contribution in [1.82, 2.24) is 4.90 Å². The van der Waals surface area contributed by atoms with E-state index in [1.165, 1.54) is 0 Å². The minimum Gasteiger partial charge on any atom is -0.364 e. The Morgan fingerprint density at radius 2 is 1.29 bits per heavy atom. The molecule has 0 bridgehead atoms. The predicted octanol–water partition coefficient (Wildman–Crippen LogP) is 2.42. The van der Waals surface area contributed by atoms with Gasteiger partial charge in [-0.3, -0.25) is 4.90 Å². The Balaban J connectivity index is 2.28. The van der Waals surface area contributed by atoms with E-state index in [2.05, 4.69) is 0 Å². The molecule has 1 unspecified atom stereocenters. The first-order chi connectivity index (χ1) is 9.88. The normalized spacial score (nSPS) is 17.7. The Bertz CT molecular complexity index is 561. The van der Waals surface area contributed by atoms with Gasteiger partial charge >= 0.3 is 0 Å². The van der Waals surface area contributed by atoms with Crippen LogP contribution in [0.5, 0.6) is 0 Å². The molecule has 0 radical (unpaired) electrons. The monoisotopic (exact) mass is 305 g/mol. The molecule has 3 nitrogen and oxygen atoms in total. The van der Waals surface area contributed by atoms with Crippen LogP contribution in [-0.4, -0.2) is 37.1 Å². The minimum absolute atomic E-state index is 0.0738. The second-order valence-electron chi connectivity index (χ2n) is 4.75. The molecular weight excluding hydrogens is 293 g/mol. The Hall–Kier alpha value is -1.88. The highest BCUT2D eigenvalue weighted by Crippen LogP contribution is 2.30. The van der Waals surface area contributed by atoms with Gasteiger partial charge in [0.1, 0.15) is 5.69 Å². The van der Waals surface area contributed by atoms with Crippen LogP contribution in [0.25, 0.3) is 0 Å². The average molecular weight is 305 g/mol. The van der Waals surface area contributed by atoms with Crippen molar-refractivity contribution >= 4 is 5.69 Å². The number of piperazine rings is 1. The van der Waals surface area contributed by atoms with Crippen LogP contribution in [0.4, 0.5) is 27.6 Å². The molecule has 1 aliphatic heterocycles. The summed E-state index contributed by atoms with van der Waals surface area (Å²) in [5.41, 5.74) is -0.907. The van der Waals surface area contributed by atoms with Gasteiger partial charge in [-0.05, 0) is 6.92 Å². The number of hydrogen-bond acceptors (Lipinski definition) is 3. The highest BCUT2D eigenvalue weighted by atomic mass is 19.2. The first kappa shape index (κ1) is 15.5. The second-order valence-corrected chi connectivity index (χ2v) is 4.75. The Morgan fingerprint density at radius 3 is 1.71 bits per heavy atom. The number of rotatable bonds is 2. The summed E-state index contributed by atoms with van der Waals surface area (Å²) in [5, 5.41) is 8.80. The fourth-order valence-electron chi connectivity index (χ4n) is 2.29. The Kier molecular flexibility index (Phi) is 4.32. The fourth-order valence-corrected chi connectivity index (χ4v) is 2.29.